The van der Waals surface area contributed by atoms with E-state index in [1.165, 1.54) is 0 Å². The van der Waals surface area contributed by atoms with Gasteiger partial charge in [-0.25, -0.2) is 0 Å². The maximum Gasteiger partial charge on any atom is 0.314 e. The molecule has 4 heteroatoms. The van der Waals surface area contributed by atoms with Crippen molar-refractivity contribution >= 4 is 23.2 Å². The van der Waals surface area contributed by atoms with Crippen LogP contribution in [0.4, 0.5) is 11.4 Å². The molecule has 0 fully saturated rings. The van der Waals surface area contributed by atoms with Crippen molar-refractivity contribution < 1.29 is 9.59 Å². The van der Waals surface area contributed by atoms with Crippen molar-refractivity contribution in [1.29, 1.82) is 0 Å². The van der Waals surface area contributed by atoms with Gasteiger partial charge in [-0.05, 0) is 46.5 Å². The van der Waals surface area contributed by atoms with Crippen LogP contribution < -0.4 is 10.6 Å². The van der Waals surface area contributed by atoms with E-state index in [2.05, 4.69) is 10.6 Å². The number of hydrogen-bond donors (Lipinski definition) is 2. The van der Waals surface area contributed by atoms with Crippen LogP contribution in [0.5, 0.6) is 0 Å². The lowest BCUT2D eigenvalue weighted by atomic mass is 10.1. The lowest BCUT2D eigenvalue weighted by Gasteiger charge is -2.08. The van der Waals surface area contributed by atoms with Crippen molar-refractivity contribution in [2.75, 3.05) is 10.6 Å². The standard InChI is InChI=1S/C26H20N2O2/c29-25(27-23-15-11-21(12-16-23)19-7-3-1-4-8-19)26(30)28-24-17-13-22(14-18-24)20-9-5-2-6-10-20/h1-18H,(H,27,29)(H,28,30). The molecule has 0 atom stereocenters. The SMILES string of the molecule is O=C(Nc1ccc(-c2ccccc2)cc1)C(=O)Nc1ccc(-c2ccccc2)cc1. The summed E-state index contributed by atoms with van der Waals surface area (Å²) in [5.74, 6) is -1.43. The Kier molecular flexibility index (Phi) is 5.67. The minimum Gasteiger partial charge on any atom is -0.318 e. The molecule has 2 amide bonds. The fraction of sp³-hybridized carbons (Fsp3) is 0. The number of nitrogens with one attached hydrogen (secondary N) is 2. The molecule has 4 rings (SSSR count). The Morgan fingerprint density at radius 2 is 0.700 bits per heavy atom. The molecule has 4 nitrogen and oxygen atoms in total. The highest BCUT2D eigenvalue weighted by Crippen LogP contribution is 2.22. The zero-order valence-electron chi connectivity index (χ0n) is 16.2. The number of hydrogen-bond acceptors (Lipinski definition) is 2. The molecule has 0 aliphatic carbocycles. The first-order valence-electron chi connectivity index (χ1n) is 9.62. The zero-order valence-corrected chi connectivity index (χ0v) is 16.2. The van der Waals surface area contributed by atoms with Crippen molar-refractivity contribution in [3.05, 3.63) is 109 Å². The predicted octanol–water partition coefficient (Wildman–Crippen LogP) is 5.60. The first-order chi connectivity index (χ1) is 14.7. The molecular formula is C26H20N2O2. The summed E-state index contributed by atoms with van der Waals surface area (Å²) in [6.07, 6.45) is 0. The summed E-state index contributed by atoms with van der Waals surface area (Å²) < 4.78 is 0. The summed E-state index contributed by atoms with van der Waals surface area (Å²) >= 11 is 0. The second-order valence-corrected chi connectivity index (χ2v) is 6.79. The Morgan fingerprint density at radius 3 is 1.03 bits per heavy atom. The molecule has 0 saturated heterocycles. The molecule has 0 aliphatic rings. The van der Waals surface area contributed by atoms with E-state index in [1.807, 2.05) is 84.9 Å². The molecule has 0 bridgehead atoms. The van der Waals surface area contributed by atoms with Crippen LogP contribution in [-0.4, -0.2) is 11.8 Å². The van der Waals surface area contributed by atoms with Crippen LogP contribution in [0.3, 0.4) is 0 Å². The summed E-state index contributed by atoms with van der Waals surface area (Å²) in [7, 11) is 0. The molecule has 0 radical (unpaired) electrons. The van der Waals surface area contributed by atoms with Crippen molar-refractivity contribution in [2.24, 2.45) is 0 Å². The second kappa shape index (κ2) is 8.88. The average Bonchev–Trinajstić information content (AvgIpc) is 2.81. The number of rotatable bonds is 4. The molecule has 0 aromatic heterocycles. The van der Waals surface area contributed by atoms with Gasteiger partial charge in [0.25, 0.3) is 0 Å². The van der Waals surface area contributed by atoms with Crippen LogP contribution in [0, 0.1) is 0 Å². The number of carbonyl (C=O) groups is 2. The van der Waals surface area contributed by atoms with Crippen LogP contribution in [0.2, 0.25) is 0 Å². The number of amides is 2. The van der Waals surface area contributed by atoms with E-state index in [0.29, 0.717) is 11.4 Å². The van der Waals surface area contributed by atoms with Crippen LogP contribution in [-0.2, 0) is 9.59 Å². The van der Waals surface area contributed by atoms with Gasteiger partial charge in [-0.15, -0.1) is 0 Å². The van der Waals surface area contributed by atoms with Crippen molar-refractivity contribution in [2.45, 2.75) is 0 Å². The largest absolute Gasteiger partial charge is 0.318 e. The van der Waals surface area contributed by atoms with Gasteiger partial charge in [0.05, 0.1) is 0 Å². The van der Waals surface area contributed by atoms with E-state index in [9.17, 15) is 9.59 Å². The van der Waals surface area contributed by atoms with E-state index in [1.54, 1.807) is 24.3 Å². The third kappa shape index (κ3) is 4.62. The molecule has 0 unspecified atom stereocenters. The van der Waals surface area contributed by atoms with Crippen LogP contribution >= 0.6 is 0 Å². The smallest absolute Gasteiger partial charge is 0.314 e. The van der Waals surface area contributed by atoms with E-state index in [-0.39, 0.29) is 0 Å². The van der Waals surface area contributed by atoms with Crippen LogP contribution in [0.1, 0.15) is 0 Å². The van der Waals surface area contributed by atoms with Crippen LogP contribution in [0.25, 0.3) is 22.3 Å². The lowest BCUT2D eigenvalue weighted by molar-refractivity contribution is -0.132. The average molecular weight is 392 g/mol. The van der Waals surface area contributed by atoms with Gasteiger partial charge in [0.2, 0.25) is 0 Å². The van der Waals surface area contributed by atoms with Crippen molar-refractivity contribution in [3.63, 3.8) is 0 Å². The van der Waals surface area contributed by atoms with Gasteiger partial charge in [0.15, 0.2) is 0 Å². The number of benzene rings is 4. The maximum absolute atomic E-state index is 12.2. The molecular weight excluding hydrogens is 372 g/mol. The first-order valence-corrected chi connectivity index (χ1v) is 9.62. The normalized spacial score (nSPS) is 10.3. The fourth-order valence-electron chi connectivity index (χ4n) is 3.13. The first kappa shape index (κ1) is 19.2. The fourth-order valence-corrected chi connectivity index (χ4v) is 3.13. The third-order valence-electron chi connectivity index (χ3n) is 4.71. The molecule has 2 N–H and O–H groups in total. The number of anilines is 2. The number of carbonyl (C=O) groups excluding carboxylic acids is 2. The van der Waals surface area contributed by atoms with Gasteiger partial charge >= 0.3 is 11.8 Å². The second-order valence-electron chi connectivity index (χ2n) is 6.79. The van der Waals surface area contributed by atoms with Gasteiger partial charge < -0.3 is 10.6 Å². The van der Waals surface area contributed by atoms with Gasteiger partial charge in [-0.2, -0.15) is 0 Å². The molecule has 30 heavy (non-hydrogen) atoms. The van der Waals surface area contributed by atoms with E-state index in [4.69, 9.17) is 0 Å². The van der Waals surface area contributed by atoms with E-state index >= 15 is 0 Å². The van der Waals surface area contributed by atoms with Gasteiger partial charge in [0, 0.05) is 11.4 Å². The maximum atomic E-state index is 12.2. The Bertz CT molecular complexity index is 1040. The minimum absolute atomic E-state index is 0.564. The molecule has 4 aromatic rings. The summed E-state index contributed by atoms with van der Waals surface area (Å²) in [5.41, 5.74) is 5.38. The molecule has 4 aromatic carbocycles. The topological polar surface area (TPSA) is 58.2 Å². The third-order valence-corrected chi connectivity index (χ3v) is 4.71. The molecule has 146 valence electrons. The Labute approximate surface area is 175 Å². The zero-order chi connectivity index (χ0) is 20.8. The molecule has 0 spiro atoms. The van der Waals surface area contributed by atoms with Gasteiger partial charge in [-0.1, -0.05) is 84.9 Å². The van der Waals surface area contributed by atoms with E-state index in [0.717, 1.165) is 22.3 Å². The summed E-state index contributed by atoms with van der Waals surface area (Å²) in [6, 6.07) is 34.6. The van der Waals surface area contributed by atoms with Gasteiger partial charge in [-0.3, -0.25) is 9.59 Å². The quantitative estimate of drug-likeness (QED) is 0.444. The van der Waals surface area contributed by atoms with Crippen LogP contribution in [0.15, 0.2) is 109 Å². The summed E-state index contributed by atoms with van der Waals surface area (Å²) in [6.45, 7) is 0. The van der Waals surface area contributed by atoms with E-state index < -0.39 is 11.8 Å². The predicted molar refractivity (Wildman–Crippen MR) is 121 cm³/mol. The monoisotopic (exact) mass is 392 g/mol. The summed E-state index contributed by atoms with van der Waals surface area (Å²) in [5, 5.41) is 5.25. The molecule has 0 heterocycles. The highest BCUT2D eigenvalue weighted by molar-refractivity contribution is 6.43. The molecule has 0 aliphatic heterocycles. The highest BCUT2D eigenvalue weighted by Gasteiger charge is 2.14. The Hall–Kier alpha value is -4.18. The highest BCUT2D eigenvalue weighted by atomic mass is 16.2. The minimum atomic E-state index is -0.713. The lowest BCUT2D eigenvalue weighted by Crippen LogP contribution is -2.29. The van der Waals surface area contributed by atoms with Crippen molar-refractivity contribution in [3.8, 4) is 22.3 Å². The summed E-state index contributed by atoms with van der Waals surface area (Å²) in [4.78, 5) is 24.5. The van der Waals surface area contributed by atoms with Crippen molar-refractivity contribution in [1.82, 2.24) is 0 Å². The molecule has 0 saturated carbocycles. The Morgan fingerprint density at radius 1 is 0.400 bits per heavy atom. The van der Waals surface area contributed by atoms with Gasteiger partial charge in [0.1, 0.15) is 0 Å². The Balaban J connectivity index is 1.36.